The summed E-state index contributed by atoms with van der Waals surface area (Å²) in [5.41, 5.74) is 12.2. The van der Waals surface area contributed by atoms with Gasteiger partial charge in [0.05, 0.1) is 37.2 Å². The van der Waals surface area contributed by atoms with Gasteiger partial charge in [-0.1, -0.05) is 176 Å². The lowest BCUT2D eigenvalue weighted by Gasteiger charge is -2.10. The molecule has 13 aromatic rings. The summed E-state index contributed by atoms with van der Waals surface area (Å²) < 4.78 is 7.42. The Balaban J connectivity index is 1.07. The number of hydrogen-bond donors (Lipinski definition) is 0. The van der Waals surface area contributed by atoms with Crippen molar-refractivity contribution in [2.24, 2.45) is 0 Å². The van der Waals surface area contributed by atoms with E-state index in [0.717, 1.165) is 27.9 Å². The highest BCUT2D eigenvalue weighted by molar-refractivity contribution is 7.27. The third-order valence-electron chi connectivity index (χ3n) is 12.4. The standard InChI is InChI=1S/C57H35N5S/c1-5-16-36(17-6-1)39-28-30-43-42-24-13-14-26-48(42)62(51(43)34-39)49-27-15-25-46-47-33-32-45-44-31-29-40(35-50(44)61(41-22-11-4-12-23-41)52(45)54(47)63-53(46)49)57-59-55(37-18-7-2-8-19-37)58-56(60-57)38-20-9-3-10-21-38/h1-35H. The van der Waals surface area contributed by atoms with E-state index >= 15 is 0 Å². The first-order chi connectivity index (χ1) is 31.2. The molecular formula is C57H35N5S. The SMILES string of the molecule is c1ccc(-c2ccc3c4ccccc4n(-c4cccc5c4sc4c5ccc5c6ccc(-c7nc(-c8ccccc8)nc(-c8ccccc8)n7)cc6n(-c6ccccc6)c54)c3c2)cc1. The van der Waals surface area contributed by atoms with E-state index in [1.807, 2.05) is 47.7 Å². The minimum absolute atomic E-state index is 0.632. The minimum atomic E-state index is 0.632. The van der Waals surface area contributed by atoms with Crippen molar-refractivity contribution in [3.8, 4) is 56.7 Å². The summed E-state index contributed by atoms with van der Waals surface area (Å²) in [6.45, 7) is 0. The van der Waals surface area contributed by atoms with E-state index in [4.69, 9.17) is 15.0 Å². The highest BCUT2D eigenvalue weighted by Crippen LogP contribution is 2.46. The summed E-state index contributed by atoms with van der Waals surface area (Å²) in [5.74, 6) is 1.92. The number of benzene rings is 9. The topological polar surface area (TPSA) is 48.5 Å². The number of aromatic nitrogens is 5. The molecule has 63 heavy (non-hydrogen) atoms. The van der Waals surface area contributed by atoms with E-state index in [1.54, 1.807) is 0 Å². The molecular weight excluding hydrogens is 787 g/mol. The Kier molecular flexibility index (Phi) is 8.01. The molecule has 294 valence electrons. The van der Waals surface area contributed by atoms with Crippen molar-refractivity contribution in [3.05, 3.63) is 212 Å². The smallest absolute Gasteiger partial charge is 0.164 e. The summed E-state index contributed by atoms with van der Waals surface area (Å²) in [5, 5.41) is 7.36. The molecule has 0 aliphatic rings. The molecule has 0 bridgehead atoms. The molecule has 0 N–H and O–H groups in total. The van der Waals surface area contributed by atoms with Gasteiger partial charge in [0, 0.05) is 54.7 Å². The largest absolute Gasteiger partial charge is 0.308 e. The lowest BCUT2D eigenvalue weighted by molar-refractivity contribution is 1.07. The molecule has 4 heterocycles. The second-order valence-electron chi connectivity index (χ2n) is 16.0. The summed E-state index contributed by atoms with van der Waals surface area (Å²) in [4.78, 5) is 15.2. The molecule has 5 nitrogen and oxygen atoms in total. The van der Waals surface area contributed by atoms with Crippen LogP contribution in [0, 0.1) is 0 Å². The van der Waals surface area contributed by atoms with Gasteiger partial charge in [0.25, 0.3) is 0 Å². The van der Waals surface area contributed by atoms with Gasteiger partial charge >= 0.3 is 0 Å². The first kappa shape index (κ1) is 35.6. The summed E-state index contributed by atoms with van der Waals surface area (Å²) in [6.07, 6.45) is 0. The lowest BCUT2D eigenvalue weighted by Crippen LogP contribution is -2.00. The molecule has 4 aromatic heterocycles. The van der Waals surface area contributed by atoms with Crippen LogP contribution in [0.25, 0.3) is 120 Å². The number of para-hydroxylation sites is 2. The molecule has 0 radical (unpaired) electrons. The summed E-state index contributed by atoms with van der Waals surface area (Å²) >= 11 is 1.88. The highest BCUT2D eigenvalue weighted by Gasteiger charge is 2.22. The van der Waals surface area contributed by atoms with Gasteiger partial charge in [-0.25, -0.2) is 15.0 Å². The van der Waals surface area contributed by atoms with Crippen LogP contribution in [0.3, 0.4) is 0 Å². The maximum absolute atomic E-state index is 5.11. The fourth-order valence-electron chi connectivity index (χ4n) is 9.48. The van der Waals surface area contributed by atoms with Crippen LogP contribution in [0.15, 0.2) is 212 Å². The number of hydrogen-bond acceptors (Lipinski definition) is 4. The summed E-state index contributed by atoms with van der Waals surface area (Å²) in [6, 6.07) is 75.5. The van der Waals surface area contributed by atoms with Crippen molar-refractivity contribution >= 4 is 75.1 Å². The van der Waals surface area contributed by atoms with Crippen molar-refractivity contribution in [1.29, 1.82) is 0 Å². The van der Waals surface area contributed by atoms with E-state index in [9.17, 15) is 0 Å². The number of rotatable bonds is 6. The van der Waals surface area contributed by atoms with Crippen LogP contribution in [0.4, 0.5) is 0 Å². The first-order valence-corrected chi connectivity index (χ1v) is 22.0. The van der Waals surface area contributed by atoms with E-state index in [0.29, 0.717) is 17.5 Å². The van der Waals surface area contributed by atoms with E-state index in [-0.39, 0.29) is 0 Å². The molecule has 0 unspecified atom stereocenters. The molecule has 0 fully saturated rings. The Hall–Kier alpha value is -8.19. The zero-order valence-electron chi connectivity index (χ0n) is 33.9. The van der Waals surface area contributed by atoms with Gasteiger partial charge in [0.1, 0.15) is 0 Å². The molecule has 0 spiro atoms. The second kappa shape index (κ2) is 14.2. The van der Waals surface area contributed by atoms with Gasteiger partial charge in [-0.3, -0.25) is 0 Å². The van der Waals surface area contributed by atoms with Crippen LogP contribution in [0.2, 0.25) is 0 Å². The van der Waals surface area contributed by atoms with Crippen LogP contribution in [0.5, 0.6) is 0 Å². The van der Waals surface area contributed by atoms with Gasteiger partial charge in [-0.05, 0) is 47.5 Å². The number of fused-ring (bicyclic) bond motifs is 10. The van der Waals surface area contributed by atoms with Crippen LogP contribution in [0.1, 0.15) is 0 Å². The fraction of sp³-hybridized carbons (Fsp3) is 0. The molecule has 0 aliphatic carbocycles. The quantitative estimate of drug-likeness (QED) is 0.168. The van der Waals surface area contributed by atoms with Crippen LogP contribution < -0.4 is 0 Å². The van der Waals surface area contributed by atoms with Crippen LogP contribution >= 0.6 is 11.3 Å². The Morgan fingerprint density at radius 3 is 1.48 bits per heavy atom. The molecule has 0 amide bonds. The van der Waals surface area contributed by atoms with Crippen molar-refractivity contribution in [2.75, 3.05) is 0 Å². The molecule has 0 saturated heterocycles. The van der Waals surface area contributed by atoms with Crippen molar-refractivity contribution < 1.29 is 0 Å². The zero-order valence-corrected chi connectivity index (χ0v) is 34.7. The average molecular weight is 822 g/mol. The highest BCUT2D eigenvalue weighted by atomic mass is 32.1. The summed E-state index contributed by atoms with van der Waals surface area (Å²) in [7, 11) is 0. The lowest BCUT2D eigenvalue weighted by atomic mass is 10.0. The molecule has 0 saturated carbocycles. The van der Waals surface area contributed by atoms with Gasteiger partial charge in [-0.2, -0.15) is 0 Å². The zero-order chi connectivity index (χ0) is 41.4. The van der Waals surface area contributed by atoms with E-state index < -0.39 is 0 Å². The van der Waals surface area contributed by atoms with Crippen LogP contribution in [-0.4, -0.2) is 24.1 Å². The molecule has 0 aliphatic heterocycles. The van der Waals surface area contributed by atoms with Crippen molar-refractivity contribution in [2.45, 2.75) is 0 Å². The Morgan fingerprint density at radius 2 is 0.778 bits per heavy atom. The second-order valence-corrected chi connectivity index (χ2v) is 17.0. The first-order valence-electron chi connectivity index (χ1n) is 21.2. The maximum atomic E-state index is 5.11. The van der Waals surface area contributed by atoms with Gasteiger partial charge in [0.2, 0.25) is 0 Å². The third-order valence-corrected chi connectivity index (χ3v) is 13.6. The number of thiophene rings is 1. The Labute approximate surface area is 366 Å². The predicted molar refractivity (Wildman–Crippen MR) is 263 cm³/mol. The maximum Gasteiger partial charge on any atom is 0.164 e. The van der Waals surface area contributed by atoms with E-state index in [2.05, 4.69) is 185 Å². The minimum Gasteiger partial charge on any atom is -0.308 e. The average Bonchev–Trinajstić information content (AvgIpc) is 4.02. The molecule has 13 rings (SSSR count). The van der Waals surface area contributed by atoms with E-state index in [1.165, 1.54) is 75.1 Å². The predicted octanol–water partition coefficient (Wildman–Crippen LogP) is 15.1. The van der Waals surface area contributed by atoms with Crippen molar-refractivity contribution in [3.63, 3.8) is 0 Å². The van der Waals surface area contributed by atoms with Crippen molar-refractivity contribution in [1.82, 2.24) is 24.1 Å². The normalized spacial score (nSPS) is 11.8. The van der Waals surface area contributed by atoms with Crippen LogP contribution in [-0.2, 0) is 0 Å². The Bertz CT molecular complexity index is 3830. The fourth-order valence-corrected chi connectivity index (χ4v) is 10.8. The monoisotopic (exact) mass is 821 g/mol. The third kappa shape index (κ3) is 5.66. The van der Waals surface area contributed by atoms with Gasteiger partial charge < -0.3 is 9.13 Å². The molecule has 0 atom stereocenters. The molecule has 9 aromatic carbocycles. The Morgan fingerprint density at radius 1 is 0.302 bits per heavy atom. The van der Waals surface area contributed by atoms with Gasteiger partial charge in [0.15, 0.2) is 17.5 Å². The van der Waals surface area contributed by atoms with Gasteiger partial charge in [-0.15, -0.1) is 11.3 Å². The molecule has 6 heteroatoms. The number of nitrogens with zero attached hydrogens (tertiary/aromatic N) is 5.